The van der Waals surface area contributed by atoms with E-state index in [1.54, 1.807) is 6.92 Å². The topological polar surface area (TPSA) is 95.0 Å². The van der Waals surface area contributed by atoms with Crippen LogP contribution in [0.25, 0.3) is 0 Å². The van der Waals surface area contributed by atoms with Crippen molar-refractivity contribution >= 4 is 23.8 Å². The average Bonchev–Trinajstić information content (AvgIpc) is 2.22. The van der Waals surface area contributed by atoms with E-state index in [2.05, 4.69) is 0 Å². The molecule has 1 heterocycles. The number of carboxylic acids is 1. The van der Waals surface area contributed by atoms with E-state index in [1.165, 1.54) is 7.05 Å². The Kier molecular flexibility index (Phi) is 3.26. The molecule has 0 saturated carbocycles. The van der Waals surface area contributed by atoms with E-state index in [0.29, 0.717) is 0 Å². The van der Waals surface area contributed by atoms with Crippen molar-refractivity contribution in [1.82, 2.24) is 9.80 Å². The molecule has 1 aliphatic rings. The summed E-state index contributed by atoms with van der Waals surface area (Å²) >= 11 is 0. The molecule has 0 spiro atoms. The van der Waals surface area contributed by atoms with Gasteiger partial charge in [-0.25, -0.2) is 4.79 Å². The first kappa shape index (κ1) is 12.2. The number of urea groups is 1. The molecule has 0 aliphatic carbocycles. The summed E-state index contributed by atoms with van der Waals surface area (Å²) in [6.07, 6.45) is -0.591. The highest BCUT2D eigenvalue weighted by Gasteiger charge is 2.44. The lowest BCUT2D eigenvalue weighted by molar-refractivity contribution is -0.154. The van der Waals surface area contributed by atoms with E-state index in [9.17, 15) is 19.2 Å². The van der Waals surface area contributed by atoms with Crippen LogP contribution in [0.2, 0.25) is 0 Å². The summed E-state index contributed by atoms with van der Waals surface area (Å²) in [5.74, 6) is -4.04. The van der Waals surface area contributed by atoms with Crippen LogP contribution in [0.15, 0.2) is 0 Å². The molecule has 4 amide bonds. The number of amides is 4. The molecule has 7 heteroatoms. The maximum atomic E-state index is 11.7. The van der Waals surface area contributed by atoms with Crippen molar-refractivity contribution in [3.63, 3.8) is 0 Å². The summed E-state index contributed by atoms with van der Waals surface area (Å²) in [5, 5.41) is 8.59. The Morgan fingerprint density at radius 2 is 1.88 bits per heavy atom. The molecular weight excluding hydrogens is 216 g/mol. The molecule has 1 aliphatic heterocycles. The number of hydrogen-bond donors (Lipinski definition) is 1. The van der Waals surface area contributed by atoms with Crippen molar-refractivity contribution in [1.29, 1.82) is 0 Å². The number of barbiturate groups is 1. The molecule has 0 aromatic heterocycles. The molecule has 1 fully saturated rings. The summed E-state index contributed by atoms with van der Waals surface area (Å²) in [7, 11) is 1.23. The fourth-order valence-electron chi connectivity index (χ4n) is 1.54. The van der Waals surface area contributed by atoms with Crippen LogP contribution in [0, 0.1) is 5.92 Å². The molecule has 7 nitrogen and oxygen atoms in total. The average molecular weight is 228 g/mol. The van der Waals surface area contributed by atoms with Gasteiger partial charge in [0.25, 0.3) is 0 Å². The fraction of sp³-hybridized carbons (Fsp3) is 0.556. The lowest BCUT2D eigenvalue weighted by atomic mass is 10.00. The Balaban J connectivity index is 3.00. The van der Waals surface area contributed by atoms with Gasteiger partial charge in [-0.3, -0.25) is 24.2 Å². The fourth-order valence-corrected chi connectivity index (χ4v) is 1.54. The van der Waals surface area contributed by atoms with E-state index in [-0.39, 0.29) is 6.54 Å². The van der Waals surface area contributed by atoms with Crippen LogP contribution in [0.3, 0.4) is 0 Å². The largest absolute Gasteiger partial charge is 0.481 e. The molecule has 0 aromatic carbocycles. The smallest absolute Gasteiger partial charge is 0.333 e. The third-order valence-corrected chi connectivity index (χ3v) is 2.41. The van der Waals surface area contributed by atoms with Crippen molar-refractivity contribution in [3.8, 4) is 0 Å². The van der Waals surface area contributed by atoms with Crippen molar-refractivity contribution < 1.29 is 24.3 Å². The Bertz CT molecular complexity index is 365. The molecule has 1 atom stereocenters. The van der Waals surface area contributed by atoms with Gasteiger partial charge < -0.3 is 5.11 Å². The lowest BCUT2D eigenvalue weighted by Gasteiger charge is -2.33. The number of hydrogen-bond acceptors (Lipinski definition) is 4. The van der Waals surface area contributed by atoms with Crippen molar-refractivity contribution in [2.75, 3.05) is 13.6 Å². The Morgan fingerprint density at radius 3 is 2.31 bits per heavy atom. The quantitative estimate of drug-likeness (QED) is 0.658. The number of rotatable bonds is 3. The molecule has 1 unspecified atom stereocenters. The van der Waals surface area contributed by atoms with E-state index in [4.69, 9.17) is 5.11 Å². The number of carboxylic acid groups (broad SMARTS) is 1. The monoisotopic (exact) mass is 228 g/mol. The summed E-state index contributed by atoms with van der Waals surface area (Å²) in [6, 6.07) is -0.709. The Morgan fingerprint density at radius 1 is 1.31 bits per heavy atom. The maximum absolute atomic E-state index is 11.7. The van der Waals surface area contributed by atoms with Crippen LogP contribution in [-0.4, -0.2) is 52.3 Å². The third-order valence-electron chi connectivity index (χ3n) is 2.41. The van der Waals surface area contributed by atoms with Gasteiger partial charge in [-0.05, 0) is 6.92 Å². The number of carbonyl (C=O) groups excluding carboxylic acids is 3. The Hall–Kier alpha value is -1.92. The zero-order valence-electron chi connectivity index (χ0n) is 8.97. The highest BCUT2D eigenvalue weighted by molar-refractivity contribution is 6.16. The predicted octanol–water partition coefficient (Wildman–Crippen LogP) is -0.482. The standard InChI is InChI=1S/C9H12N2O5/c1-3-11-8(15)5(4-6(12)13)7(14)10(2)9(11)16/h5H,3-4H2,1-2H3,(H,12,13). The zero-order valence-corrected chi connectivity index (χ0v) is 8.97. The van der Waals surface area contributed by atoms with E-state index in [1.807, 2.05) is 0 Å². The molecule has 1 N–H and O–H groups in total. The summed E-state index contributed by atoms with van der Waals surface area (Å²) in [5.41, 5.74) is 0. The number of aliphatic carboxylic acids is 1. The first-order chi connectivity index (χ1) is 7.40. The molecule has 0 bridgehead atoms. The number of nitrogens with zero attached hydrogens (tertiary/aromatic N) is 2. The molecule has 88 valence electrons. The SMILES string of the molecule is CCN1C(=O)C(CC(=O)O)C(=O)N(C)C1=O. The van der Waals surface area contributed by atoms with Gasteiger partial charge in [-0.1, -0.05) is 0 Å². The minimum absolute atomic E-state index is 0.116. The van der Waals surface area contributed by atoms with Gasteiger partial charge in [0.1, 0.15) is 5.92 Å². The summed E-state index contributed by atoms with van der Waals surface area (Å²) in [6.45, 7) is 1.70. The predicted molar refractivity (Wildman–Crippen MR) is 51.3 cm³/mol. The van der Waals surface area contributed by atoms with Crippen LogP contribution in [-0.2, 0) is 14.4 Å². The molecule has 0 radical (unpaired) electrons. The van der Waals surface area contributed by atoms with Crippen LogP contribution in [0.1, 0.15) is 13.3 Å². The molecule has 1 rings (SSSR count). The van der Waals surface area contributed by atoms with Crippen molar-refractivity contribution in [2.45, 2.75) is 13.3 Å². The van der Waals surface area contributed by atoms with Gasteiger partial charge in [-0.15, -0.1) is 0 Å². The van der Waals surface area contributed by atoms with Gasteiger partial charge in [0.05, 0.1) is 6.42 Å². The lowest BCUT2D eigenvalue weighted by Crippen LogP contribution is -2.58. The molecule has 1 saturated heterocycles. The van der Waals surface area contributed by atoms with Crippen molar-refractivity contribution in [3.05, 3.63) is 0 Å². The number of imide groups is 2. The minimum Gasteiger partial charge on any atom is -0.481 e. The van der Waals surface area contributed by atoms with Crippen molar-refractivity contribution in [2.24, 2.45) is 5.92 Å². The van der Waals surface area contributed by atoms with Gasteiger partial charge in [0.15, 0.2) is 0 Å². The van der Waals surface area contributed by atoms with Crippen LogP contribution >= 0.6 is 0 Å². The molecule has 0 aromatic rings. The second kappa shape index (κ2) is 4.30. The van der Waals surface area contributed by atoms with Crippen LogP contribution < -0.4 is 0 Å². The van der Waals surface area contributed by atoms with E-state index < -0.39 is 36.2 Å². The van der Waals surface area contributed by atoms with Gasteiger partial charge >= 0.3 is 12.0 Å². The first-order valence-electron chi connectivity index (χ1n) is 4.74. The second-order valence-corrected chi connectivity index (χ2v) is 3.41. The van der Waals surface area contributed by atoms with Gasteiger partial charge in [-0.2, -0.15) is 0 Å². The van der Waals surface area contributed by atoms with E-state index >= 15 is 0 Å². The normalized spacial score (nSPS) is 21.6. The Labute approximate surface area is 91.6 Å². The summed E-state index contributed by atoms with van der Waals surface area (Å²) < 4.78 is 0. The third kappa shape index (κ3) is 1.88. The van der Waals surface area contributed by atoms with Gasteiger partial charge in [0, 0.05) is 13.6 Å². The zero-order chi connectivity index (χ0) is 12.5. The number of carbonyl (C=O) groups is 4. The van der Waals surface area contributed by atoms with Gasteiger partial charge in [0.2, 0.25) is 11.8 Å². The van der Waals surface area contributed by atoms with Crippen LogP contribution in [0.5, 0.6) is 0 Å². The summed E-state index contributed by atoms with van der Waals surface area (Å²) in [4.78, 5) is 46.8. The van der Waals surface area contributed by atoms with Crippen LogP contribution in [0.4, 0.5) is 4.79 Å². The second-order valence-electron chi connectivity index (χ2n) is 3.41. The minimum atomic E-state index is -1.29. The molecule has 16 heavy (non-hydrogen) atoms. The highest BCUT2D eigenvalue weighted by atomic mass is 16.4. The first-order valence-corrected chi connectivity index (χ1v) is 4.74. The maximum Gasteiger partial charge on any atom is 0.333 e. The highest BCUT2D eigenvalue weighted by Crippen LogP contribution is 2.19. The molecular formula is C9H12N2O5. The van der Waals surface area contributed by atoms with E-state index in [0.717, 1.165) is 9.80 Å².